The Morgan fingerprint density at radius 2 is 1.84 bits per heavy atom. The van der Waals surface area contributed by atoms with Crippen LogP contribution in [0.5, 0.6) is 0 Å². The summed E-state index contributed by atoms with van der Waals surface area (Å²) >= 11 is 0. The first-order valence-electron chi connectivity index (χ1n) is 7.36. The Balaban J connectivity index is 2.20. The quantitative estimate of drug-likeness (QED) is 0.343. The standard InChI is InChI=1S/C18H15F5O2/c1-5-9-14(21)8(2)10(16(23)15(9)22)7-25-17(24)13-11(6-12(19)20)18(13,3)4/h1,6,11,13H,7H2,2-4H3/t11-,13+/m1/s1. The van der Waals surface area contributed by atoms with Crippen LogP contribution >= 0.6 is 0 Å². The largest absolute Gasteiger partial charge is 0.460 e. The van der Waals surface area contributed by atoms with Crippen LogP contribution in [0, 0.1) is 54.0 Å². The molecule has 134 valence electrons. The normalized spacial score (nSPS) is 20.6. The Hall–Kier alpha value is -2.36. The molecule has 0 heterocycles. The van der Waals surface area contributed by atoms with E-state index in [0.29, 0.717) is 6.08 Å². The number of hydrogen-bond acceptors (Lipinski definition) is 2. The fourth-order valence-electron chi connectivity index (χ4n) is 2.93. The van der Waals surface area contributed by atoms with Crippen molar-refractivity contribution in [2.24, 2.45) is 17.3 Å². The summed E-state index contributed by atoms with van der Waals surface area (Å²) in [6.45, 7) is 3.66. The van der Waals surface area contributed by atoms with Gasteiger partial charge in [-0.15, -0.1) is 6.42 Å². The van der Waals surface area contributed by atoms with E-state index in [0.717, 1.165) is 0 Å². The molecule has 0 unspecified atom stereocenters. The minimum Gasteiger partial charge on any atom is -0.460 e. The molecule has 0 radical (unpaired) electrons. The smallest absolute Gasteiger partial charge is 0.310 e. The first kappa shape index (κ1) is 19.0. The summed E-state index contributed by atoms with van der Waals surface area (Å²) < 4.78 is 71.4. The van der Waals surface area contributed by atoms with E-state index in [9.17, 15) is 26.7 Å². The van der Waals surface area contributed by atoms with Crippen molar-refractivity contribution in [1.29, 1.82) is 0 Å². The predicted molar refractivity (Wildman–Crippen MR) is 79.8 cm³/mol. The molecule has 0 N–H and O–H groups in total. The zero-order valence-electron chi connectivity index (χ0n) is 13.7. The zero-order valence-corrected chi connectivity index (χ0v) is 13.7. The van der Waals surface area contributed by atoms with Crippen molar-refractivity contribution in [3.05, 3.63) is 46.3 Å². The second-order valence-corrected chi connectivity index (χ2v) is 6.45. The number of allylic oxidation sites excluding steroid dienone is 1. The third-order valence-electron chi connectivity index (χ3n) is 4.65. The maximum Gasteiger partial charge on any atom is 0.310 e. The molecule has 1 aliphatic carbocycles. The SMILES string of the molecule is C#Cc1c(F)c(C)c(COC(=O)[C@@H]2[C@@H](C=C(F)F)C2(C)C)c(F)c1F. The molecule has 1 aromatic carbocycles. The van der Waals surface area contributed by atoms with Crippen LogP contribution in [0.1, 0.15) is 30.5 Å². The van der Waals surface area contributed by atoms with Crippen molar-refractivity contribution in [1.82, 2.24) is 0 Å². The van der Waals surface area contributed by atoms with E-state index in [2.05, 4.69) is 0 Å². The van der Waals surface area contributed by atoms with E-state index in [-0.39, 0.29) is 5.56 Å². The average molecular weight is 358 g/mol. The maximum atomic E-state index is 14.0. The average Bonchev–Trinajstić information content (AvgIpc) is 3.05. The van der Waals surface area contributed by atoms with E-state index in [1.807, 2.05) is 0 Å². The van der Waals surface area contributed by atoms with Gasteiger partial charge < -0.3 is 4.74 Å². The van der Waals surface area contributed by atoms with Gasteiger partial charge in [-0.05, 0) is 24.0 Å². The van der Waals surface area contributed by atoms with Crippen LogP contribution < -0.4 is 0 Å². The Morgan fingerprint density at radius 3 is 2.36 bits per heavy atom. The van der Waals surface area contributed by atoms with Gasteiger partial charge in [0.05, 0.1) is 11.5 Å². The van der Waals surface area contributed by atoms with Crippen LogP contribution in [0.2, 0.25) is 0 Å². The van der Waals surface area contributed by atoms with Gasteiger partial charge in [0.2, 0.25) is 0 Å². The van der Waals surface area contributed by atoms with Gasteiger partial charge in [-0.25, -0.2) is 13.2 Å². The first-order chi connectivity index (χ1) is 11.5. The van der Waals surface area contributed by atoms with Crippen molar-refractivity contribution >= 4 is 5.97 Å². The van der Waals surface area contributed by atoms with Gasteiger partial charge in [0.15, 0.2) is 11.6 Å². The number of esters is 1. The van der Waals surface area contributed by atoms with Gasteiger partial charge in [-0.3, -0.25) is 4.79 Å². The Kier molecular flexibility index (Phi) is 4.94. The fourth-order valence-corrected chi connectivity index (χ4v) is 2.93. The molecule has 1 saturated carbocycles. The number of benzene rings is 1. The summed E-state index contributed by atoms with van der Waals surface area (Å²) in [6.07, 6.45) is 3.70. The lowest BCUT2D eigenvalue weighted by molar-refractivity contribution is -0.147. The molecule has 0 saturated heterocycles. The van der Waals surface area contributed by atoms with Crippen LogP contribution in [-0.2, 0) is 16.1 Å². The zero-order chi connectivity index (χ0) is 19.1. The highest BCUT2D eigenvalue weighted by Gasteiger charge is 2.62. The van der Waals surface area contributed by atoms with Gasteiger partial charge in [0.1, 0.15) is 12.4 Å². The van der Waals surface area contributed by atoms with Gasteiger partial charge in [-0.2, -0.15) is 8.78 Å². The molecule has 0 bridgehead atoms. The van der Waals surface area contributed by atoms with Crippen molar-refractivity contribution in [2.75, 3.05) is 0 Å². The van der Waals surface area contributed by atoms with Gasteiger partial charge in [0, 0.05) is 11.5 Å². The third kappa shape index (κ3) is 3.26. The summed E-state index contributed by atoms with van der Waals surface area (Å²) in [5.74, 6) is -4.72. The summed E-state index contributed by atoms with van der Waals surface area (Å²) in [4.78, 5) is 12.1. The van der Waals surface area contributed by atoms with Crippen molar-refractivity contribution in [3.63, 3.8) is 0 Å². The topological polar surface area (TPSA) is 26.3 Å². The van der Waals surface area contributed by atoms with E-state index in [4.69, 9.17) is 11.2 Å². The number of hydrogen-bond donors (Lipinski definition) is 0. The van der Waals surface area contributed by atoms with Gasteiger partial charge in [0.25, 0.3) is 6.08 Å². The summed E-state index contributed by atoms with van der Waals surface area (Å²) in [6, 6.07) is 0. The number of halogens is 5. The molecule has 25 heavy (non-hydrogen) atoms. The van der Waals surface area contributed by atoms with E-state index in [1.165, 1.54) is 6.92 Å². The van der Waals surface area contributed by atoms with Crippen molar-refractivity contribution in [2.45, 2.75) is 27.4 Å². The molecule has 0 aliphatic heterocycles. The predicted octanol–water partition coefficient (Wildman–Crippen LogP) is 4.49. The molecule has 0 spiro atoms. The van der Waals surface area contributed by atoms with Crippen LogP contribution in [0.15, 0.2) is 12.2 Å². The third-order valence-corrected chi connectivity index (χ3v) is 4.65. The Labute approximate surface area is 141 Å². The molecule has 2 rings (SSSR count). The van der Waals surface area contributed by atoms with E-state index < -0.39 is 64.5 Å². The van der Waals surface area contributed by atoms with Gasteiger partial charge >= 0.3 is 5.97 Å². The van der Waals surface area contributed by atoms with Gasteiger partial charge in [-0.1, -0.05) is 19.8 Å². The lowest BCUT2D eigenvalue weighted by Crippen LogP contribution is -2.14. The highest BCUT2D eigenvalue weighted by atomic mass is 19.3. The second kappa shape index (κ2) is 6.51. The van der Waals surface area contributed by atoms with Crippen LogP contribution in [0.25, 0.3) is 0 Å². The molecular formula is C18H15F5O2. The molecule has 2 nitrogen and oxygen atoms in total. The second-order valence-electron chi connectivity index (χ2n) is 6.45. The van der Waals surface area contributed by atoms with Crippen molar-refractivity contribution in [3.8, 4) is 12.3 Å². The number of carbonyl (C=O) groups excluding carboxylic acids is 1. The van der Waals surface area contributed by atoms with E-state index in [1.54, 1.807) is 19.8 Å². The molecule has 2 atom stereocenters. The number of carbonyl (C=O) groups is 1. The van der Waals surface area contributed by atoms with Crippen molar-refractivity contribution < 1.29 is 31.5 Å². The highest BCUT2D eigenvalue weighted by molar-refractivity contribution is 5.78. The highest BCUT2D eigenvalue weighted by Crippen LogP contribution is 2.60. The van der Waals surface area contributed by atoms with Crippen LogP contribution in [0.4, 0.5) is 22.0 Å². The Bertz CT molecular complexity index is 772. The molecule has 0 amide bonds. The Morgan fingerprint density at radius 1 is 1.24 bits per heavy atom. The fraction of sp³-hybridized carbons (Fsp3) is 0.389. The summed E-state index contributed by atoms with van der Waals surface area (Å²) in [5.41, 5.74) is -2.33. The number of rotatable bonds is 4. The number of ether oxygens (including phenoxy) is 1. The summed E-state index contributed by atoms with van der Waals surface area (Å²) in [5, 5.41) is 0. The molecule has 0 aromatic heterocycles. The van der Waals surface area contributed by atoms with Crippen LogP contribution in [-0.4, -0.2) is 5.97 Å². The van der Waals surface area contributed by atoms with E-state index >= 15 is 0 Å². The monoisotopic (exact) mass is 358 g/mol. The molecule has 1 aliphatic rings. The lowest BCUT2D eigenvalue weighted by Gasteiger charge is -2.12. The molecule has 7 heteroatoms. The summed E-state index contributed by atoms with van der Waals surface area (Å²) in [7, 11) is 0. The number of terminal acetylenes is 1. The molecular weight excluding hydrogens is 343 g/mol. The first-order valence-corrected chi connectivity index (χ1v) is 7.36. The molecule has 1 aromatic rings. The lowest BCUT2D eigenvalue weighted by atomic mass is 10.0. The van der Waals surface area contributed by atoms with Crippen LogP contribution in [0.3, 0.4) is 0 Å². The maximum absolute atomic E-state index is 14.0. The minimum atomic E-state index is -1.91. The molecule has 1 fully saturated rings. The minimum absolute atomic E-state index is 0.277.